The molecule has 0 aliphatic rings. The molecule has 0 unspecified atom stereocenters. The molecule has 18 heavy (non-hydrogen) atoms. The number of aryl methyl sites for hydroxylation is 1. The quantitative estimate of drug-likeness (QED) is 0.860. The normalized spacial score (nSPS) is 10.2. The summed E-state index contributed by atoms with van der Waals surface area (Å²) < 4.78 is 0.625. The second kappa shape index (κ2) is 5.46. The fraction of sp³-hybridized carbons (Fsp3) is 0.0833. The number of amides is 1. The first-order valence-electron chi connectivity index (χ1n) is 5.12. The van der Waals surface area contributed by atoms with E-state index >= 15 is 0 Å². The largest absolute Gasteiger partial charge is 0.319 e. The van der Waals surface area contributed by atoms with Gasteiger partial charge >= 0.3 is 0 Å². The fourth-order valence-electron chi connectivity index (χ4n) is 1.40. The van der Waals surface area contributed by atoms with Crippen LogP contribution in [-0.2, 0) is 0 Å². The Labute approximate surface area is 118 Å². The standard InChI is InChI=1S/C12H9BrClN3O/c1-7-3-2-4-15-10(7)12(18)17-8-5-9(13)11(14)16-6-8/h2-6H,1H3,(H,17,18). The van der Waals surface area contributed by atoms with Crippen molar-refractivity contribution in [1.82, 2.24) is 9.97 Å². The first kappa shape index (κ1) is 13.0. The maximum atomic E-state index is 12.0. The highest BCUT2D eigenvalue weighted by Crippen LogP contribution is 2.23. The van der Waals surface area contributed by atoms with E-state index in [0.29, 0.717) is 21.0 Å². The summed E-state index contributed by atoms with van der Waals surface area (Å²) in [5.74, 6) is -0.274. The van der Waals surface area contributed by atoms with E-state index in [1.54, 1.807) is 18.3 Å². The number of hydrogen-bond donors (Lipinski definition) is 1. The molecule has 0 aliphatic carbocycles. The third-order valence-corrected chi connectivity index (χ3v) is 3.41. The summed E-state index contributed by atoms with van der Waals surface area (Å²) in [5.41, 5.74) is 1.76. The maximum Gasteiger partial charge on any atom is 0.274 e. The number of nitrogens with zero attached hydrogens (tertiary/aromatic N) is 2. The summed E-state index contributed by atoms with van der Waals surface area (Å²) in [7, 11) is 0. The SMILES string of the molecule is Cc1cccnc1C(=O)Nc1cnc(Cl)c(Br)c1. The van der Waals surface area contributed by atoms with Crippen LogP contribution in [0.25, 0.3) is 0 Å². The third kappa shape index (κ3) is 2.86. The van der Waals surface area contributed by atoms with Crippen molar-refractivity contribution in [3.63, 3.8) is 0 Å². The molecule has 0 atom stereocenters. The molecule has 0 bridgehead atoms. The lowest BCUT2D eigenvalue weighted by Gasteiger charge is -2.06. The highest BCUT2D eigenvalue weighted by Gasteiger charge is 2.11. The van der Waals surface area contributed by atoms with Crippen LogP contribution in [0.1, 0.15) is 16.1 Å². The van der Waals surface area contributed by atoms with Gasteiger partial charge in [0, 0.05) is 6.20 Å². The van der Waals surface area contributed by atoms with Crippen LogP contribution < -0.4 is 5.32 Å². The van der Waals surface area contributed by atoms with Gasteiger partial charge in [-0.2, -0.15) is 0 Å². The molecule has 6 heteroatoms. The molecule has 0 aliphatic heterocycles. The Morgan fingerprint density at radius 3 is 2.89 bits per heavy atom. The molecule has 2 heterocycles. The van der Waals surface area contributed by atoms with E-state index in [2.05, 4.69) is 31.2 Å². The molecule has 1 N–H and O–H groups in total. The minimum absolute atomic E-state index is 0.274. The highest BCUT2D eigenvalue weighted by molar-refractivity contribution is 9.10. The fourth-order valence-corrected chi connectivity index (χ4v) is 1.86. The van der Waals surface area contributed by atoms with E-state index in [0.717, 1.165) is 5.56 Å². The van der Waals surface area contributed by atoms with Crippen LogP contribution in [0, 0.1) is 6.92 Å². The van der Waals surface area contributed by atoms with Crippen LogP contribution in [0.2, 0.25) is 5.15 Å². The van der Waals surface area contributed by atoms with Gasteiger partial charge in [0.15, 0.2) is 0 Å². The summed E-state index contributed by atoms with van der Waals surface area (Å²) in [6, 6.07) is 5.30. The minimum Gasteiger partial charge on any atom is -0.319 e. The number of pyridine rings is 2. The van der Waals surface area contributed by atoms with E-state index in [1.165, 1.54) is 6.20 Å². The van der Waals surface area contributed by atoms with E-state index in [9.17, 15) is 4.79 Å². The summed E-state index contributed by atoms with van der Waals surface area (Å²) in [4.78, 5) is 20.0. The van der Waals surface area contributed by atoms with Crippen LogP contribution >= 0.6 is 27.5 Å². The Kier molecular flexibility index (Phi) is 3.93. The second-order valence-electron chi connectivity index (χ2n) is 3.62. The second-order valence-corrected chi connectivity index (χ2v) is 4.83. The zero-order valence-electron chi connectivity index (χ0n) is 9.45. The van der Waals surface area contributed by atoms with Crippen molar-refractivity contribution in [3.05, 3.63) is 51.5 Å². The van der Waals surface area contributed by atoms with Crippen LogP contribution in [0.3, 0.4) is 0 Å². The predicted octanol–water partition coefficient (Wildman–Crippen LogP) is 3.45. The lowest BCUT2D eigenvalue weighted by atomic mass is 10.2. The molecule has 0 spiro atoms. The average Bonchev–Trinajstić information content (AvgIpc) is 2.34. The smallest absolute Gasteiger partial charge is 0.274 e. The Morgan fingerprint density at radius 2 is 2.22 bits per heavy atom. The van der Waals surface area contributed by atoms with Crippen molar-refractivity contribution in [2.75, 3.05) is 5.32 Å². The average molecular weight is 327 g/mol. The van der Waals surface area contributed by atoms with E-state index < -0.39 is 0 Å². The molecule has 0 saturated carbocycles. The molecule has 0 aromatic carbocycles. The molecule has 2 rings (SSSR count). The van der Waals surface area contributed by atoms with Gasteiger partial charge in [0.2, 0.25) is 0 Å². The number of anilines is 1. The van der Waals surface area contributed by atoms with Crippen LogP contribution in [-0.4, -0.2) is 15.9 Å². The van der Waals surface area contributed by atoms with Gasteiger partial charge < -0.3 is 5.32 Å². The van der Waals surface area contributed by atoms with Gasteiger partial charge in [-0.3, -0.25) is 9.78 Å². The van der Waals surface area contributed by atoms with Crippen molar-refractivity contribution in [2.45, 2.75) is 6.92 Å². The number of carbonyl (C=O) groups is 1. The molecule has 4 nitrogen and oxygen atoms in total. The van der Waals surface area contributed by atoms with Gasteiger partial charge in [0.05, 0.1) is 16.4 Å². The number of aromatic nitrogens is 2. The van der Waals surface area contributed by atoms with Crippen LogP contribution in [0.4, 0.5) is 5.69 Å². The molecule has 0 radical (unpaired) electrons. The Balaban J connectivity index is 2.22. The van der Waals surface area contributed by atoms with Gasteiger partial charge in [0.25, 0.3) is 5.91 Å². The lowest BCUT2D eigenvalue weighted by Crippen LogP contribution is -2.15. The number of hydrogen-bond acceptors (Lipinski definition) is 3. The molecule has 0 fully saturated rings. The monoisotopic (exact) mass is 325 g/mol. The van der Waals surface area contributed by atoms with Crippen LogP contribution in [0.15, 0.2) is 35.1 Å². The Hall–Kier alpha value is -1.46. The number of halogens is 2. The van der Waals surface area contributed by atoms with Gasteiger partial charge in [0.1, 0.15) is 10.8 Å². The lowest BCUT2D eigenvalue weighted by molar-refractivity contribution is 0.102. The summed E-state index contributed by atoms with van der Waals surface area (Å²) >= 11 is 9.02. The van der Waals surface area contributed by atoms with Gasteiger partial charge in [-0.15, -0.1) is 0 Å². The zero-order chi connectivity index (χ0) is 13.1. The van der Waals surface area contributed by atoms with Crippen molar-refractivity contribution in [1.29, 1.82) is 0 Å². The minimum atomic E-state index is -0.274. The number of rotatable bonds is 2. The van der Waals surface area contributed by atoms with Crippen molar-refractivity contribution >= 4 is 39.1 Å². The first-order valence-corrected chi connectivity index (χ1v) is 6.29. The summed E-state index contributed by atoms with van der Waals surface area (Å²) in [6.07, 6.45) is 3.07. The third-order valence-electron chi connectivity index (χ3n) is 2.28. The maximum absolute atomic E-state index is 12.0. The van der Waals surface area contributed by atoms with Crippen molar-refractivity contribution < 1.29 is 4.79 Å². The molecular formula is C12H9BrClN3O. The summed E-state index contributed by atoms with van der Waals surface area (Å²) in [5, 5.41) is 3.06. The van der Waals surface area contributed by atoms with Crippen molar-refractivity contribution in [2.24, 2.45) is 0 Å². The van der Waals surface area contributed by atoms with Gasteiger partial charge in [-0.1, -0.05) is 17.7 Å². The van der Waals surface area contributed by atoms with E-state index in [-0.39, 0.29) is 5.91 Å². The zero-order valence-corrected chi connectivity index (χ0v) is 11.8. The van der Waals surface area contributed by atoms with E-state index in [4.69, 9.17) is 11.6 Å². The predicted molar refractivity (Wildman–Crippen MR) is 73.9 cm³/mol. The molecule has 2 aromatic heterocycles. The van der Waals surface area contributed by atoms with Crippen LogP contribution in [0.5, 0.6) is 0 Å². The highest BCUT2D eigenvalue weighted by atomic mass is 79.9. The van der Waals surface area contributed by atoms with Gasteiger partial charge in [-0.25, -0.2) is 4.98 Å². The Morgan fingerprint density at radius 1 is 1.44 bits per heavy atom. The van der Waals surface area contributed by atoms with Crippen molar-refractivity contribution in [3.8, 4) is 0 Å². The Bertz CT molecular complexity index is 604. The molecular weight excluding hydrogens is 318 g/mol. The number of carbonyl (C=O) groups excluding carboxylic acids is 1. The summed E-state index contributed by atoms with van der Waals surface area (Å²) in [6.45, 7) is 1.83. The number of nitrogens with one attached hydrogen (secondary N) is 1. The first-order chi connectivity index (χ1) is 8.58. The van der Waals surface area contributed by atoms with Gasteiger partial charge in [-0.05, 0) is 40.5 Å². The topological polar surface area (TPSA) is 54.9 Å². The molecule has 1 amide bonds. The van der Waals surface area contributed by atoms with E-state index in [1.807, 2.05) is 13.0 Å². The molecule has 0 saturated heterocycles. The molecule has 92 valence electrons. The molecule has 2 aromatic rings.